The average Bonchev–Trinajstić information content (AvgIpc) is 2.66. The number of ether oxygens (including phenoxy) is 2. The van der Waals surface area contributed by atoms with Crippen molar-refractivity contribution in [3.05, 3.63) is 60.4 Å². The van der Waals surface area contributed by atoms with Crippen LogP contribution in [-0.4, -0.2) is 16.3 Å². The van der Waals surface area contributed by atoms with E-state index in [0.717, 1.165) is 6.42 Å². The van der Waals surface area contributed by atoms with Gasteiger partial charge in [0, 0.05) is 5.69 Å². The number of aromatic nitrogens is 2. The van der Waals surface area contributed by atoms with Crippen LogP contribution in [0.4, 0.5) is 30.4 Å². The van der Waals surface area contributed by atoms with Crippen molar-refractivity contribution >= 4 is 17.2 Å². The van der Waals surface area contributed by atoms with Crippen molar-refractivity contribution in [3.63, 3.8) is 0 Å². The molecule has 0 unspecified atom stereocenters. The molecule has 0 aliphatic rings. The van der Waals surface area contributed by atoms with Gasteiger partial charge in [0.1, 0.15) is 23.5 Å². The number of halogens is 3. The number of nitrogens with one attached hydrogen (secondary N) is 1. The van der Waals surface area contributed by atoms with Gasteiger partial charge in [-0.15, -0.1) is 13.2 Å². The van der Waals surface area contributed by atoms with E-state index < -0.39 is 6.36 Å². The zero-order chi connectivity index (χ0) is 20.1. The van der Waals surface area contributed by atoms with Gasteiger partial charge in [0.2, 0.25) is 5.88 Å². The van der Waals surface area contributed by atoms with E-state index in [-0.39, 0.29) is 23.1 Å². The maximum absolute atomic E-state index is 12.2. The van der Waals surface area contributed by atoms with Gasteiger partial charge in [-0.1, -0.05) is 19.1 Å². The molecule has 0 bridgehead atoms. The highest BCUT2D eigenvalue weighted by molar-refractivity contribution is 5.72. The number of alkyl halides is 3. The van der Waals surface area contributed by atoms with Crippen molar-refractivity contribution in [2.75, 3.05) is 11.1 Å². The largest absolute Gasteiger partial charge is 0.573 e. The van der Waals surface area contributed by atoms with Crippen LogP contribution in [0.5, 0.6) is 17.4 Å². The molecule has 1 heterocycles. The Balaban J connectivity index is 1.73. The highest BCUT2D eigenvalue weighted by atomic mass is 19.4. The summed E-state index contributed by atoms with van der Waals surface area (Å²) in [6, 6.07) is 12.7. The molecule has 9 heteroatoms. The maximum Gasteiger partial charge on any atom is 0.573 e. The van der Waals surface area contributed by atoms with E-state index in [9.17, 15) is 13.2 Å². The van der Waals surface area contributed by atoms with Crippen LogP contribution < -0.4 is 20.5 Å². The number of hydrogen-bond acceptors (Lipinski definition) is 6. The molecule has 0 atom stereocenters. The lowest BCUT2D eigenvalue weighted by Crippen LogP contribution is -2.17. The Labute approximate surface area is 159 Å². The summed E-state index contributed by atoms with van der Waals surface area (Å²) >= 11 is 0. The third kappa shape index (κ3) is 5.03. The van der Waals surface area contributed by atoms with Crippen molar-refractivity contribution in [1.29, 1.82) is 0 Å². The van der Waals surface area contributed by atoms with E-state index in [0.29, 0.717) is 11.4 Å². The number of nitrogens with zero attached hydrogens (tertiary/aromatic N) is 2. The zero-order valence-corrected chi connectivity index (χ0v) is 14.8. The van der Waals surface area contributed by atoms with Crippen LogP contribution in [-0.2, 0) is 6.42 Å². The Hall–Kier alpha value is -3.49. The van der Waals surface area contributed by atoms with Crippen LogP contribution in [0.1, 0.15) is 12.5 Å². The van der Waals surface area contributed by atoms with Crippen LogP contribution in [0.25, 0.3) is 0 Å². The lowest BCUT2D eigenvalue weighted by molar-refractivity contribution is -0.274. The summed E-state index contributed by atoms with van der Waals surface area (Å²) in [5, 5.41) is 2.91. The maximum atomic E-state index is 12.2. The third-order valence-corrected chi connectivity index (χ3v) is 3.74. The number of hydrogen-bond donors (Lipinski definition) is 2. The number of rotatable bonds is 6. The average molecular weight is 390 g/mol. The molecule has 6 nitrogen and oxygen atoms in total. The molecule has 0 fully saturated rings. The van der Waals surface area contributed by atoms with Crippen LogP contribution in [0.2, 0.25) is 0 Å². The van der Waals surface area contributed by atoms with Gasteiger partial charge in [-0.2, -0.15) is 4.98 Å². The molecule has 28 heavy (non-hydrogen) atoms. The van der Waals surface area contributed by atoms with E-state index in [1.54, 1.807) is 0 Å². The lowest BCUT2D eigenvalue weighted by atomic mass is 10.2. The summed E-state index contributed by atoms with van der Waals surface area (Å²) < 4.78 is 46.2. The second-order valence-electron chi connectivity index (χ2n) is 5.74. The number of benzene rings is 2. The summed E-state index contributed by atoms with van der Waals surface area (Å²) in [7, 11) is 0. The number of anilines is 3. The first-order valence-electron chi connectivity index (χ1n) is 8.34. The minimum absolute atomic E-state index is 0.165. The molecule has 0 spiro atoms. The first-order valence-corrected chi connectivity index (χ1v) is 8.34. The Kier molecular flexibility index (Phi) is 5.53. The molecule has 0 saturated carbocycles. The summed E-state index contributed by atoms with van der Waals surface area (Å²) in [5.41, 5.74) is 7.87. The van der Waals surface area contributed by atoms with Crippen molar-refractivity contribution in [2.24, 2.45) is 0 Å². The second kappa shape index (κ2) is 8.03. The van der Waals surface area contributed by atoms with Crippen LogP contribution in [0, 0.1) is 0 Å². The van der Waals surface area contributed by atoms with E-state index in [2.05, 4.69) is 26.9 Å². The quantitative estimate of drug-likeness (QED) is 0.613. The summed E-state index contributed by atoms with van der Waals surface area (Å²) in [6.07, 6.45) is -2.56. The fourth-order valence-corrected chi connectivity index (χ4v) is 2.34. The van der Waals surface area contributed by atoms with E-state index >= 15 is 0 Å². The van der Waals surface area contributed by atoms with Crippen molar-refractivity contribution in [2.45, 2.75) is 19.7 Å². The van der Waals surface area contributed by atoms with E-state index in [1.807, 2.05) is 24.3 Å². The third-order valence-electron chi connectivity index (χ3n) is 3.74. The molecular formula is C19H17F3N4O2. The minimum Gasteiger partial charge on any atom is -0.437 e. The van der Waals surface area contributed by atoms with Crippen molar-refractivity contribution in [1.82, 2.24) is 9.97 Å². The molecule has 2 aromatic carbocycles. The van der Waals surface area contributed by atoms with Gasteiger partial charge < -0.3 is 20.5 Å². The summed E-state index contributed by atoms with van der Waals surface area (Å²) in [6.45, 7) is 2.05. The molecule has 3 aromatic rings. The summed E-state index contributed by atoms with van der Waals surface area (Å²) in [5.74, 6) is 0.675. The molecule has 3 N–H and O–H groups in total. The minimum atomic E-state index is -4.74. The molecule has 0 saturated heterocycles. The predicted octanol–water partition coefficient (Wildman–Crippen LogP) is 5.06. The van der Waals surface area contributed by atoms with Crippen molar-refractivity contribution in [3.8, 4) is 17.4 Å². The molecule has 0 aliphatic heterocycles. The molecule has 0 radical (unpaired) electrons. The number of aryl methyl sites for hydroxylation is 1. The summed E-state index contributed by atoms with van der Waals surface area (Å²) in [4.78, 5) is 8.08. The van der Waals surface area contributed by atoms with Gasteiger partial charge in [0.15, 0.2) is 5.82 Å². The predicted molar refractivity (Wildman–Crippen MR) is 98.7 cm³/mol. The van der Waals surface area contributed by atoms with Crippen molar-refractivity contribution < 1.29 is 22.6 Å². The van der Waals surface area contributed by atoms with Gasteiger partial charge in [-0.05, 0) is 48.4 Å². The fourth-order valence-electron chi connectivity index (χ4n) is 2.34. The Bertz CT molecular complexity index is 929. The van der Waals surface area contributed by atoms with Gasteiger partial charge in [0.25, 0.3) is 0 Å². The van der Waals surface area contributed by atoms with Gasteiger partial charge in [-0.25, -0.2) is 4.98 Å². The molecule has 0 aliphatic carbocycles. The Morgan fingerprint density at radius 1 is 0.964 bits per heavy atom. The van der Waals surface area contributed by atoms with Crippen LogP contribution in [0.15, 0.2) is 54.9 Å². The molecule has 0 amide bonds. The van der Waals surface area contributed by atoms with Crippen LogP contribution >= 0.6 is 0 Å². The first-order chi connectivity index (χ1) is 13.3. The molecular weight excluding hydrogens is 373 g/mol. The molecule has 146 valence electrons. The zero-order valence-electron chi connectivity index (χ0n) is 14.8. The van der Waals surface area contributed by atoms with Gasteiger partial charge >= 0.3 is 6.36 Å². The van der Waals surface area contributed by atoms with E-state index in [1.165, 1.54) is 36.2 Å². The Morgan fingerprint density at radius 2 is 1.61 bits per heavy atom. The molecule has 1 aromatic heterocycles. The highest BCUT2D eigenvalue weighted by Crippen LogP contribution is 2.32. The Morgan fingerprint density at radius 3 is 2.21 bits per heavy atom. The second-order valence-corrected chi connectivity index (χ2v) is 5.74. The topological polar surface area (TPSA) is 82.3 Å². The standard InChI is InChI=1S/C19H17F3N4O2/c1-2-12-3-7-14(8-4-12)27-18-16(23)17(24-11-25-18)26-13-5-9-15(10-6-13)28-19(20,21)22/h3-11H,2,23H2,1H3,(H,24,25,26). The SMILES string of the molecule is CCc1ccc(Oc2ncnc(Nc3ccc(OC(F)(F)F)cc3)c2N)cc1. The fraction of sp³-hybridized carbons (Fsp3) is 0.158. The molecule has 3 rings (SSSR count). The number of nitrogen functional groups attached to an aromatic ring is 1. The lowest BCUT2D eigenvalue weighted by Gasteiger charge is -2.13. The normalized spacial score (nSPS) is 11.1. The highest BCUT2D eigenvalue weighted by Gasteiger charge is 2.30. The van der Waals surface area contributed by atoms with Gasteiger partial charge in [0.05, 0.1) is 0 Å². The number of nitrogens with two attached hydrogens (primary N) is 1. The van der Waals surface area contributed by atoms with E-state index in [4.69, 9.17) is 10.5 Å². The monoisotopic (exact) mass is 390 g/mol. The van der Waals surface area contributed by atoms with Gasteiger partial charge in [-0.3, -0.25) is 0 Å². The first kappa shape index (κ1) is 19.3. The van der Waals surface area contributed by atoms with Crippen LogP contribution in [0.3, 0.4) is 0 Å². The smallest absolute Gasteiger partial charge is 0.437 e.